The molecule has 0 spiro atoms. The fraction of sp³-hybridized carbons (Fsp3) is 0.158. The molecular weight excluding hydrogens is 400 g/mol. The van der Waals surface area contributed by atoms with Crippen LogP contribution in [0.5, 0.6) is 0 Å². The van der Waals surface area contributed by atoms with Crippen LogP contribution in [0.2, 0.25) is 5.02 Å². The average Bonchev–Trinajstić information content (AvgIpc) is 3.30. The van der Waals surface area contributed by atoms with Gasteiger partial charge in [0, 0.05) is 23.5 Å². The summed E-state index contributed by atoms with van der Waals surface area (Å²) < 4.78 is 27.0. The second kappa shape index (κ2) is 7.29. The van der Waals surface area contributed by atoms with Gasteiger partial charge in [-0.2, -0.15) is 5.10 Å². The molecule has 0 bridgehead atoms. The number of anilines is 2. The van der Waals surface area contributed by atoms with Gasteiger partial charge in [0.1, 0.15) is 0 Å². The van der Waals surface area contributed by atoms with Gasteiger partial charge < -0.3 is 5.32 Å². The number of carbonyl (C=O) groups is 1. The van der Waals surface area contributed by atoms with Crippen molar-refractivity contribution >= 4 is 38.9 Å². The molecule has 1 aliphatic rings. The van der Waals surface area contributed by atoms with Crippen LogP contribution in [0.4, 0.5) is 11.4 Å². The molecule has 1 aromatic heterocycles. The Kier molecular flexibility index (Phi) is 4.82. The number of nitrogens with zero attached hydrogens (tertiary/aromatic N) is 3. The minimum absolute atomic E-state index is 0.170. The monoisotopic (exact) mass is 416 g/mol. The lowest BCUT2D eigenvalue weighted by molar-refractivity contribution is 0.102. The molecule has 0 unspecified atom stereocenters. The van der Waals surface area contributed by atoms with E-state index in [9.17, 15) is 13.2 Å². The Bertz CT molecular complexity index is 1110. The summed E-state index contributed by atoms with van der Waals surface area (Å²) in [4.78, 5) is 12.5. The Hall–Kier alpha value is -2.84. The van der Waals surface area contributed by atoms with Crippen LogP contribution in [0.1, 0.15) is 16.8 Å². The van der Waals surface area contributed by atoms with Gasteiger partial charge in [-0.25, -0.2) is 13.1 Å². The fourth-order valence-electron chi connectivity index (χ4n) is 3.02. The first-order valence-electron chi connectivity index (χ1n) is 8.65. The van der Waals surface area contributed by atoms with Crippen molar-refractivity contribution in [2.24, 2.45) is 0 Å². The van der Waals surface area contributed by atoms with E-state index in [4.69, 9.17) is 11.6 Å². The molecule has 1 saturated heterocycles. The first-order chi connectivity index (χ1) is 13.4. The average molecular weight is 417 g/mol. The van der Waals surface area contributed by atoms with Crippen LogP contribution < -0.4 is 9.62 Å². The molecule has 28 heavy (non-hydrogen) atoms. The van der Waals surface area contributed by atoms with Crippen molar-refractivity contribution in [1.82, 2.24) is 9.78 Å². The first-order valence-corrected chi connectivity index (χ1v) is 10.6. The van der Waals surface area contributed by atoms with Gasteiger partial charge in [0.05, 0.1) is 28.9 Å². The maximum Gasteiger partial charge on any atom is 0.258 e. The molecule has 1 amide bonds. The molecule has 0 atom stereocenters. The molecule has 1 N–H and O–H groups in total. The molecule has 1 aliphatic heterocycles. The van der Waals surface area contributed by atoms with Crippen LogP contribution in [0.15, 0.2) is 60.9 Å². The number of hydrogen-bond acceptors (Lipinski definition) is 4. The van der Waals surface area contributed by atoms with E-state index in [0.29, 0.717) is 34.9 Å². The predicted octanol–water partition coefficient (Wildman–Crippen LogP) is 3.32. The van der Waals surface area contributed by atoms with Crippen LogP contribution in [-0.2, 0) is 10.0 Å². The summed E-state index contributed by atoms with van der Waals surface area (Å²) >= 11 is 5.88. The Morgan fingerprint density at radius 3 is 2.36 bits per heavy atom. The number of halogens is 1. The summed E-state index contributed by atoms with van der Waals surface area (Å²) in [5.74, 6) is -0.134. The highest BCUT2D eigenvalue weighted by molar-refractivity contribution is 7.93. The zero-order valence-corrected chi connectivity index (χ0v) is 16.3. The first kappa shape index (κ1) is 18.5. The van der Waals surface area contributed by atoms with Crippen molar-refractivity contribution in [1.29, 1.82) is 0 Å². The van der Waals surface area contributed by atoms with Crippen molar-refractivity contribution < 1.29 is 13.2 Å². The molecule has 4 rings (SSSR count). The van der Waals surface area contributed by atoms with E-state index in [1.54, 1.807) is 47.3 Å². The molecule has 0 radical (unpaired) electrons. The number of nitrogens with one attached hydrogen (secondary N) is 1. The van der Waals surface area contributed by atoms with Crippen molar-refractivity contribution in [3.63, 3.8) is 0 Å². The Labute approximate surface area is 167 Å². The van der Waals surface area contributed by atoms with Gasteiger partial charge in [0.25, 0.3) is 5.91 Å². The lowest BCUT2D eigenvalue weighted by Crippen LogP contribution is -2.24. The molecule has 2 aromatic carbocycles. The van der Waals surface area contributed by atoms with E-state index in [0.717, 1.165) is 5.69 Å². The third-order valence-corrected chi connectivity index (χ3v) is 6.57. The van der Waals surface area contributed by atoms with Crippen LogP contribution >= 0.6 is 11.6 Å². The number of rotatable bonds is 4. The summed E-state index contributed by atoms with van der Waals surface area (Å²) in [7, 11) is -3.22. The zero-order chi connectivity index (χ0) is 19.7. The molecule has 0 saturated carbocycles. The van der Waals surface area contributed by atoms with Crippen molar-refractivity contribution in [2.75, 3.05) is 21.9 Å². The summed E-state index contributed by atoms with van der Waals surface area (Å²) in [6.07, 6.45) is 3.73. The number of carbonyl (C=O) groups excluding carboxylic acids is 1. The Morgan fingerprint density at radius 1 is 1.04 bits per heavy atom. The number of sulfonamides is 1. The smallest absolute Gasteiger partial charge is 0.258 e. The minimum Gasteiger partial charge on any atom is -0.322 e. The molecule has 0 aliphatic carbocycles. The second-order valence-electron chi connectivity index (χ2n) is 6.39. The van der Waals surface area contributed by atoms with Gasteiger partial charge >= 0.3 is 0 Å². The van der Waals surface area contributed by atoms with Crippen molar-refractivity contribution in [3.05, 3.63) is 71.5 Å². The van der Waals surface area contributed by atoms with E-state index in [1.807, 2.05) is 12.1 Å². The summed E-state index contributed by atoms with van der Waals surface area (Å²) in [6.45, 7) is 0.484. The normalized spacial score (nSPS) is 15.5. The molecule has 144 valence electrons. The lowest BCUT2D eigenvalue weighted by atomic mass is 10.2. The number of hydrogen-bond donors (Lipinski definition) is 1. The van der Waals surface area contributed by atoms with E-state index in [1.165, 1.54) is 10.5 Å². The van der Waals surface area contributed by atoms with Gasteiger partial charge in [-0.1, -0.05) is 11.6 Å². The maximum absolute atomic E-state index is 12.5. The highest BCUT2D eigenvalue weighted by Gasteiger charge is 2.28. The van der Waals surface area contributed by atoms with Crippen LogP contribution in [0, 0.1) is 0 Å². The predicted molar refractivity (Wildman–Crippen MR) is 109 cm³/mol. The van der Waals surface area contributed by atoms with E-state index < -0.39 is 10.0 Å². The third-order valence-electron chi connectivity index (χ3n) is 4.45. The van der Waals surface area contributed by atoms with E-state index >= 15 is 0 Å². The van der Waals surface area contributed by atoms with Gasteiger partial charge in [-0.05, 0) is 55.0 Å². The zero-order valence-electron chi connectivity index (χ0n) is 14.7. The molecule has 7 nitrogen and oxygen atoms in total. The highest BCUT2D eigenvalue weighted by atomic mass is 35.5. The molecular formula is C19H17ClN4O3S. The minimum atomic E-state index is -3.22. The molecule has 3 aromatic rings. The SMILES string of the molecule is O=C(Nc1ccc(N2CCCS2(=O)=O)cc1)c1cnn(-c2ccc(Cl)cc2)c1. The molecule has 9 heteroatoms. The van der Waals surface area contributed by atoms with Crippen LogP contribution in [0.3, 0.4) is 0 Å². The number of amides is 1. The maximum atomic E-state index is 12.5. The van der Waals surface area contributed by atoms with E-state index in [2.05, 4.69) is 10.4 Å². The van der Waals surface area contributed by atoms with E-state index in [-0.39, 0.29) is 11.7 Å². The number of benzene rings is 2. The quantitative estimate of drug-likeness (QED) is 0.707. The lowest BCUT2D eigenvalue weighted by Gasteiger charge is -2.17. The Balaban J connectivity index is 1.46. The summed E-state index contributed by atoms with van der Waals surface area (Å²) in [6, 6.07) is 13.9. The third kappa shape index (κ3) is 3.74. The standard InChI is InChI=1S/C19H17ClN4O3S/c20-15-2-6-17(7-3-15)23-13-14(12-21-23)19(25)22-16-4-8-18(9-5-16)24-10-1-11-28(24,26)27/h2-9,12-13H,1,10-11H2,(H,22,25). The van der Waals surface area contributed by atoms with Crippen LogP contribution in [0.25, 0.3) is 5.69 Å². The summed E-state index contributed by atoms with van der Waals surface area (Å²) in [5.41, 5.74) is 2.37. The van der Waals surface area contributed by atoms with Gasteiger partial charge in [-0.3, -0.25) is 9.10 Å². The highest BCUT2D eigenvalue weighted by Crippen LogP contribution is 2.25. The van der Waals surface area contributed by atoms with Crippen LogP contribution in [-0.4, -0.2) is 36.4 Å². The van der Waals surface area contributed by atoms with Crippen molar-refractivity contribution in [2.45, 2.75) is 6.42 Å². The topological polar surface area (TPSA) is 84.3 Å². The van der Waals surface area contributed by atoms with Gasteiger partial charge in [0.2, 0.25) is 10.0 Å². The van der Waals surface area contributed by atoms with Gasteiger partial charge in [0.15, 0.2) is 0 Å². The molecule has 2 heterocycles. The molecule has 1 fully saturated rings. The van der Waals surface area contributed by atoms with Gasteiger partial charge in [-0.15, -0.1) is 0 Å². The second-order valence-corrected chi connectivity index (χ2v) is 8.84. The number of aromatic nitrogens is 2. The fourth-order valence-corrected chi connectivity index (χ4v) is 4.71. The summed E-state index contributed by atoms with van der Waals surface area (Å²) in [5, 5.41) is 7.61. The Morgan fingerprint density at radius 2 is 1.71 bits per heavy atom. The largest absolute Gasteiger partial charge is 0.322 e. The van der Waals surface area contributed by atoms with Crippen molar-refractivity contribution in [3.8, 4) is 5.69 Å².